The summed E-state index contributed by atoms with van der Waals surface area (Å²) in [6, 6.07) is 6.36. The highest BCUT2D eigenvalue weighted by Gasteiger charge is 2.08. The normalized spacial score (nSPS) is 11.2. The summed E-state index contributed by atoms with van der Waals surface area (Å²) in [6.07, 6.45) is 2.67. The third-order valence-electron chi connectivity index (χ3n) is 2.62. The van der Waals surface area contributed by atoms with E-state index in [-0.39, 0.29) is 4.90 Å². The second-order valence-corrected chi connectivity index (χ2v) is 6.76. The van der Waals surface area contributed by atoms with Crippen molar-refractivity contribution in [3.8, 4) is 0 Å². The van der Waals surface area contributed by atoms with Gasteiger partial charge >= 0.3 is 0 Å². The third kappa shape index (κ3) is 4.05. The van der Waals surface area contributed by atoms with Crippen molar-refractivity contribution >= 4 is 38.9 Å². The largest absolute Gasteiger partial charge is 0.354 e. The lowest BCUT2D eigenvalue weighted by Crippen LogP contribution is -2.04. The smallest absolute Gasteiger partial charge is 0.224 e. The Hall–Kier alpha value is -1.86. The summed E-state index contributed by atoms with van der Waals surface area (Å²) in [6.45, 7) is 2.64. The quantitative estimate of drug-likeness (QED) is 0.879. The van der Waals surface area contributed by atoms with Crippen molar-refractivity contribution in [1.82, 2.24) is 9.97 Å². The lowest BCUT2D eigenvalue weighted by molar-refractivity contribution is 0.602. The van der Waals surface area contributed by atoms with Crippen LogP contribution in [0.4, 0.5) is 17.5 Å². The van der Waals surface area contributed by atoms with E-state index in [2.05, 4.69) is 20.6 Å². The Morgan fingerprint density at radius 2 is 1.90 bits per heavy atom. The topological polar surface area (TPSA) is 84.0 Å². The zero-order chi connectivity index (χ0) is 15.5. The SMILES string of the molecule is CCNc1ncc(Cl)c(Nc2ccc(S(C)(=O)=O)cc2)n1. The maximum atomic E-state index is 11.4. The molecule has 0 aliphatic heterocycles. The Labute approximate surface area is 128 Å². The molecule has 2 rings (SSSR count). The molecule has 2 N–H and O–H groups in total. The van der Waals surface area contributed by atoms with Crippen molar-refractivity contribution in [1.29, 1.82) is 0 Å². The summed E-state index contributed by atoms with van der Waals surface area (Å²) in [5, 5.41) is 6.40. The van der Waals surface area contributed by atoms with Gasteiger partial charge < -0.3 is 10.6 Å². The third-order valence-corrected chi connectivity index (χ3v) is 4.03. The molecule has 112 valence electrons. The van der Waals surface area contributed by atoms with Gasteiger partial charge in [-0.25, -0.2) is 13.4 Å². The fourth-order valence-electron chi connectivity index (χ4n) is 1.62. The van der Waals surface area contributed by atoms with Crippen LogP contribution in [0, 0.1) is 0 Å². The summed E-state index contributed by atoms with van der Waals surface area (Å²) < 4.78 is 22.8. The molecule has 0 spiro atoms. The van der Waals surface area contributed by atoms with Crippen molar-refractivity contribution in [3.05, 3.63) is 35.5 Å². The minimum absolute atomic E-state index is 0.259. The van der Waals surface area contributed by atoms with Gasteiger partial charge in [0.15, 0.2) is 15.7 Å². The second-order valence-electron chi connectivity index (χ2n) is 4.34. The van der Waals surface area contributed by atoms with E-state index in [9.17, 15) is 8.42 Å². The first-order chi connectivity index (χ1) is 9.90. The van der Waals surface area contributed by atoms with Crippen LogP contribution >= 0.6 is 11.6 Å². The summed E-state index contributed by atoms with van der Waals surface area (Å²) in [7, 11) is -3.20. The molecule has 6 nitrogen and oxygen atoms in total. The summed E-state index contributed by atoms with van der Waals surface area (Å²) in [4.78, 5) is 8.55. The molecule has 0 bridgehead atoms. The number of anilines is 3. The highest BCUT2D eigenvalue weighted by molar-refractivity contribution is 7.90. The number of benzene rings is 1. The molecule has 1 aromatic heterocycles. The maximum absolute atomic E-state index is 11.4. The molecule has 0 saturated heterocycles. The molecule has 8 heteroatoms. The van der Waals surface area contributed by atoms with Crippen LogP contribution in [0.15, 0.2) is 35.4 Å². The number of hydrogen-bond acceptors (Lipinski definition) is 6. The van der Waals surface area contributed by atoms with E-state index in [1.54, 1.807) is 12.1 Å². The molecule has 21 heavy (non-hydrogen) atoms. The van der Waals surface area contributed by atoms with Gasteiger partial charge in [0.05, 0.1) is 11.1 Å². The number of sulfone groups is 1. The van der Waals surface area contributed by atoms with E-state index in [1.807, 2.05) is 6.92 Å². The molecule has 2 aromatic rings. The van der Waals surface area contributed by atoms with Crippen LogP contribution in [0.3, 0.4) is 0 Å². The molecule has 0 fully saturated rings. The van der Waals surface area contributed by atoms with Crippen LogP contribution in [0.5, 0.6) is 0 Å². The van der Waals surface area contributed by atoms with Gasteiger partial charge in [-0.2, -0.15) is 4.98 Å². The molecule has 0 amide bonds. The van der Waals surface area contributed by atoms with Gasteiger partial charge in [-0.15, -0.1) is 0 Å². The zero-order valence-corrected chi connectivity index (χ0v) is 13.2. The van der Waals surface area contributed by atoms with Crippen LogP contribution in [0.25, 0.3) is 0 Å². The molecule has 1 aromatic carbocycles. The fraction of sp³-hybridized carbons (Fsp3) is 0.231. The van der Waals surface area contributed by atoms with Crippen molar-refractivity contribution in [2.24, 2.45) is 0 Å². The first-order valence-corrected chi connectivity index (χ1v) is 8.50. The van der Waals surface area contributed by atoms with Gasteiger partial charge in [-0.1, -0.05) is 11.6 Å². The van der Waals surface area contributed by atoms with Crippen LogP contribution in [-0.4, -0.2) is 31.2 Å². The van der Waals surface area contributed by atoms with Crippen molar-refractivity contribution < 1.29 is 8.42 Å². The molecule has 0 radical (unpaired) electrons. The van der Waals surface area contributed by atoms with Crippen LogP contribution < -0.4 is 10.6 Å². The van der Waals surface area contributed by atoms with Gasteiger partial charge in [0.1, 0.15) is 5.02 Å². The van der Waals surface area contributed by atoms with E-state index in [0.717, 1.165) is 0 Å². The van der Waals surface area contributed by atoms with Crippen molar-refractivity contribution in [3.63, 3.8) is 0 Å². The Balaban J connectivity index is 2.23. The number of nitrogens with zero attached hydrogens (tertiary/aromatic N) is 2. The minimum Gasteiger partial charge on any atom is -0.354 e. The average molecular weight is 327 g/mol. The van der Waals surface area contributed by atoms with Crippen LogP contribution in [-0.2, 0) is 9.84 Å². The molecule has 0 unspecified atom stereocenters. The van der Waals surface area contributed by atoms with Crippen LogP contribution in [0.1, 0.15) is 6.92 Å². The predicted molar refractivity (Wildman–Crippen MR) is 84.0 cm³/mol. The van der Waals surface area contributed by atoms with E-state index in [0.29, 0.717) is 29.0 Å². The monoisotopic (exact) mass is 326 g/mol. The molecule has 0 aliphatic carbocycles. The van der Waals surface area contributed by atoms with E-state index in [1.165, 1.54) is 24.6 Å². The Kier molecular flexibility index (Phi) is 4.64. The van der Waals surface area contributed by atoms with Crippen molar-refractivity contribution in [2.75, 3.05) is 23.4 Å². The van der Waals surface area contributed by atoms with E-state index >= 15 is 0 Å². The Morgan fingerprint density at radius 3 is 2.48 bits per heavy atom. The van der Waals surface area contributed by atoms with E-state index in [4.69, 9.17) is 11.6 Å². The number of hydrogen-bond donors (Lipinski definition) is 2. The minimum atomic E-state index is -3.20. The first kappa shape index (κ1) is 15.5. The number of nitrogens with one attached hydrogen (secondary N) is 2. The Morgan fingerprint density at radius 1 is 1.24 bits per heavy atom. The highest BCUT2D eigenvalue weighted by atomic mass is 35.5. The molecule has 0 saturated carbocycles. The van der Waals surface area contributed by atoms with Gasteiger partial charge in [-0.3, -0.25) is 0 Å². The standard InChI is InChI=1S/C13H15ClN4O2S/c1-3-15-13-16-8-11(14)12(18-13)17-9-4-6-10(7-5-9)21(2,19)20/h4-8H,3H2,1-2H3,(H2,15,16,17,18). The zero-order valence-electron chi connectivity index (χ0n) is 11.6. The summed E-state index contributed by atoms with van der Waals surface area (Å²) in [5.41, 5.74) is 0.686. The van der Waals surface area contributed by atoms with Gasteiger partial charge in [0.2, 0.25) is 5.95 Å². The molecule has 1 heterocycles. The number of aromatic nitrogens is 2. The van der Waals surface area contributed by atoms with Gasteiger partial charge in [-0.05, 0) is 31.2 Å². The Bertz CT molecular complexity index is 732. The number of halogens is 1. The lowest BCUT2D eigenvalue weighted by atomic mass is 10.3. The van der Waals surface area contributed by atoms with Crippen LogP contribution in [0.2, 0.25) is 5.02 Å². The molecule has 0 atom stereocenters. The summed E-state index contributed by atoms with van der Waals surface area (Å²) >= 11 is 6.04. The predicted octanol–water partition coefficient (Wildman–Crippen LogP) is 2.71. The average Bonchev–Trinajstić information content (AvgIpc) is 2.42. The van der Waals surface area contributed by atoms with E-state index < -0.39 is 9.84 Å². The highest BCUT2D eigenvalue weighted by Crippen LogP contribution is 2.24. The number of rotatable bonds is 5. The molecular formula is C13H15ClN4O2S. The van der Waals surface area contributed by atoms with Gasteiger partial charge in [0, 0.05) is 18.5 Å². The fourth-order valence-corrected chi connectivity index (χ4v) is 2.39. The lowest BCUT2D eigenvalue weighted by Gasteiger charge is -2.09. The second kappa shape index (κ2) is 6.28. The molecular weight excluding hydrogens is 312 g/mol. The van der Waals surface area contributed by atoms with Gasteiger partial charge in [0.25, 0.3) is 0 Å². The first-order valence-electron chi connectivity index (χ1n) is 6.23. The molecule has 0 aliphatic rings. The summed E-state index contributed by atoms with van der Waals surface area (Å²) in [5.74, 6) is 0.923. The maximum Gasteiger partial charge on any atom is 0.224 e. The van der Waals surface area contributed by atoms with Crippen molar-refractivity contribution in [2.45, 2.75) is 11.8 Å².